The van der Waals surface area contributed by atoms with Crippen LogP contribution in [0.15, 0.2) is 60.8 Å². The third kappa shape index (κ3) is 2.97. The van der Waals surface area contributed by atoms with Gasteiger partial charge in [-0.1, -0.05) is 36.4 Å². The van der Waals surface area contributed by atoms with Gasteiger partial charge in [0.05, 0.1) is 6.20 Å². The van der Waals surface area contributed by atoms with Crippen LogP contribution in [-0.2, 0) is 4.79 Å². The molecular weight excluding hydrogens is 314 g/mol. The number of benzene rings is 2. The fourth-order valence-electron chi connectivity index (χ4n) is 2.67. The zero-order valence-corrected chi connectivity index (χ0v) is 13.5. The summed E-state index contributed by atoms with van der Waals surface area (Å²) in [6, 6.07) is 15.5. The molecule has 4 rings (SSSR count). The Kier molecular flexibility index (Phi) is 3.70. The van der Waals surface area contributed by atoms with Crippen molar-refractivity contribution < 1.29 is 4.79 Å². The summed E-state index contributed by atoms with van der Waals surface area (Å²) < 4.78 is 1.62. The lowest BCUT2D eigenvalue weighted by atomic mass is 10.2. The highest BCUT2D eigenvalue weighted by Gasteiger charge is 2.08. The molecule has 25 heavy (non-hydrogen) atoms. The number of amides is 1. The van der Waals surface area contributed by atoms with Gasteiger partial charge in [-0.05, 0) is 30.7 Å². The number of hydrogen-bond donors (Lipinski definition) is 1. The molecular formula is C19H15N5O. The van der Waals surface area contributed by atoms with Crippen molar-refractivity contribution in [1.82, 2.24) is 19.8 Å². The number of nitrogens with one attached hydrogen (secondary N) is 1. The molecule has 1 amide bonds. The third-order valence-corrected chi connectivity index (χ3v) is 3.85. The Labute approximate surface area is 143 Å². The number of carbonyl (C=O) groups is 1. The Bertz CT molecular complexity index is 1110. The van der Waals surface area contributed by atoms with E-state index in [1.807, 2.05) is 55.5 Å². The van der Waals surface area contributed by atoms with Gasteiger partial charge < -0.3 is 5.32 Å². The topological polar surface area (TPSA) is 72.2 Å². The van der Waals surface area contributed by atoms with E-state index < -0.39 is 0 Å². The molecule has 0 bridgehead atoms. The monoisotopic (exact) mass is 329 g/mol. The average molecular weight is 329 g/mol. The molecule has 1 N–H and O–H groups in total. The van der Waals surface area contributed by atoms with Crippen LogP contribution < -0.4 is 5.32 Å². The normalized spacial score (nSPS) is 11.4. The first kappa shape index (κ1) is 15.0. The second kappa shape index (κ2) is 6.16. The minimum Gasteiger partial charge on any atom is -0.323 e. The van der Waals surface area contributed by atoms with E-state index in [9.17, 15) is 4.79 Å². The van der Waals surface area contributed by atoms with Gasteiger partial charge in [-0.3, -0.25) is 4.79 Å². The number of hydrogen-bond acceptors (Lipinski definition) is 4. The smallest absolute Gasteiger partial charge is 0.248 e. The quantitative estimate of drug-likeness (QED) is 0.586. The highest BCUT2D eigenvalue weighted by molar-refractivity contribution is 6.02. The van der Waals surface area contributed by atoms with Gasteiger partial charge in [-0.25, -0.2) is 0 Å². The predicted molar refractivity (Wildman–Crippen MR) is 97.1 cm³/mol. The first-order chi connectivity index (χ1) is 12.2. The summed E-state index contributed by atoms with van der Waals surface area (Å²) in [7, 11) is 0. The molecule has 6 nitrogen and oxygen atoms in total. The van der Waals surface area contributed by atoms with E-state index in [-0.39, 0.29) is 5.91 Å². The minimum absolute atomic E-state index is 0.233. The molecule has 0 saturated carbocycles. The van der Waals surface area contributed by atoms with Gasteiger partial charge in [-0.15, -0.1) is 10.2 Å². The molecule has 0 aliphatic rings. The van der Waals surface area contributed by atoms with Crippen molar-refractivity contribution in [2.24, 2.45) is 0 Å². The highest BCUT2D eigenvalue weighted by Crippen LogP contribution is 2.17. The fraction of sp³-hybridized carbons (Fsp3) is 0.0526. The summed E-state index contributed by atoms with van der Waals surface area (Å²) in [6.07, 6.45) is 4.79. The summed E-state index contributed by atoms with van der Waals surface area (Å²) >= 11 is 0. The van der Waals surface area contributed by atoms with Crippen molar-refractivity contribution in [3.05, 3.63) is 72.2 Å². The summed E-state index contributed by atoms with van der Waals surface area (Å²) in [6.45, 7) is 1.98. The standard InChI is InChI=1S/C19H15N5O/c1-13-5-4-7-15(11-13)21-18(25)10-9-17-22-23-19-16-8-3-2-6-14(16)12-20-24(17)19/h2-12H,1H3,(H,21,25)/b10-9+. The number of carbonyl (C=O) groups excluding carboxylic acids is 1. The van der Waals surface area contributed by atoms with Crippen LogP contribution in [0.1, 0.15) is 11.4 Å². The molecule has 2 aromatic carbocycles. The van der Waals surface area contributed by atoms with Gasteiger partial charge in [0.1, 0.15) is 0 Å². The maximum absolute atomic E-state index is 12.1. The Hall–Kier alpha value is -3.54. The Morgan fingerprint density at radius 1 is 1.12 bits per heavy atom. The van der Waals surface area contributed by atoms with Crippen LogP contribution in [0.3, 0.4) is 0 Å². The van der Waals surface area contributed by atoms with E-state index in [0.29, 0.717) is 11.5 Å². The number of nitrogens with zero attached hydrogens (tertiary/aromatic N) is 4. The molecule has 0 unspecified atom stereocenters. The third-order valence-electron chi connectivity index (χ3n) is 3.85. The Balaban J connectivity index is 1.61. The first-order valence-electron chi connectivity index (χ1n) is 7.85. The largest absolute Gasteiger partial charge is 0.323 e. The van der Waals surface area contributed by atoms with Crippen LogP contribution in [0.25, 0.3) is 22.5 Å². The van der Waals surface area contributed by atoms with Crippen LogP contribution in [0, 0.1) is 6.92 Å². The predicted octanol–water partition coefficient (Wildman–Crippen LogP) is 3.24. The second-order valence-electron chi connectivity index (χ2n) is 5.72. The number of aromatic nitrogens is 4. The zero-order valence-electron chi connectivity index (χ0n) is 13.5. The summed E-state index contributed by atoms with van der Waals surface area (Å²) in [5.74, 6) is 0.267. The maximum Gasteiger partial charge on any atom is 0.248 e. The zero-order chi connectivity index (χ0) is 17.2. The van der Waals surface area contributed by atoms with E-state index in [4.69, 9.17) is 0 Å². The SMILES string of the molecule is Cc1cccc(NC(=O)/C=C/c2nnc3c4ccccc4cnn23)c1. The molecule has 6 heteroatoms. The van der Waals surface area contributed by atoms with Gasteiger partial charge in [0.15, 0.2) is 11.5 Å². The van der Waals surface area contributed by atoms with Crippen molar-refractivity contribution in [3.8, 4) is 0 Å². The minimum atomic E-state index is -0.233. The molecule has 0 fully saturated rings. The van der Waals surface area contributed by atoms with E-state index in [0.717, 1.165) is 22.0 Å². The first-order valence-corrected chi connectivity index (χ1v) is 7.85. The molecule has 0 saturated heterocycles. The van der Waals surface area contributed by atoms with Crippen LogP contribution in [0.4, 0.5) is 5.69 Å². The number of aryl methyl sites for hydroxylation is 1. The van der Waals surface area contributed by atoms with Gasteiger partial charge >= 0.3 is 0 Å². The lowest BCUT2D eigenvalue weighted by molar-refractivity contribution is -0.111. The summed E-state index contributed by atoms with van der Waals surface area (Å²) in [4.78, 5) is 12.1. The van der Waals surface area contributed by atoms with Gasteiger partial charge in [0.2, 0.25) is 5.91 Å². The van der Waals surface area contributed by atoms with Crippen molar-refractivity contribution >= 4 is 34.1 Å². The lowest BCUT2D eigenvalue weighted by Crippen LogP contribution is -2.08. The van der Waals surface area contributed by atoms with Crippen molar-refractivity contribution in [2.45, 2.75) is 6.92 Å². The second-order valence-corrected chi connectivity index (χ2v) is 5.72. The van der Waals surface area contributed by atoms with Crippen LogP contribution in [0.2, 0.25) is 0 Å². The molecule has 122 valence electrons. The van der Waals surface area contributed by atoms with Crippen molar-refractivity contribution in [2.75, 3.05) is 5.32 Å². The molecule has 0 aliphatic heterocycles. The number of anilines is 1. The number of rotatable bonds is 3. The maximum atomic E-state index is 12.1. The Morgan fingerprint density at radius 3 is 2.88 bits per heavy atom. The van der Waals surface area contributed by atoms with E-state index in [1.54, 1.807) is 16.8 Å². The van der Waals surface area contributed by atoms with Gasteiger partial charge in [0.25, 0.3) is 0 Å². The molecule has 2 aromatic heterocycles. The van der Waals surface area contributed by atoms with Gasteiger partial charge in [-0.2, -0.15) is 9.61 Å². The average Bonchev–Trinajstić information content (AvgIpc) is 3.03. The highest BCUT2D eigenvalue weighted by atomic mass is 16.1. The van der Waals surface area contributed by atoms with E-state index in [2.05, 4.69) is 20.6 Å². The summed E-state index contributed by atoms with van der Waals surface area (Å²) in [5.41, 5.74) is 2.50. The molecule has 0 spiro atoms. The molecule has 0 aliphatic carbocycles. The summed E-state index contributed by atoms with van der Waals surface area (Å²) in [5, 5.41) is 17.4. The van der Waals surface area contributed by atoms with Gasteiger partial charge in [0, 0.05) is 22.5 Å². The van der Waals surface area contributed by atoms with Crippen LogP contribution in [-0.4, -0.2) is 25.7 Å². The van der Waals surface area contributed by atoms with E-state index in [1.165, 1.54) is 6.08 Å². The lowest BCUT2D eigenvalue weighted by Gasteiger charge is -2.02. The number of fused-ring (bicyclic) bond motifs is 3. The van der Waals surface area contributed by atoms with Crippen molar-refractivity contribution in [3.63, 3.8) is 0 Å². The van der Waals surface area contributed by atoms with Crippen LogP contribution >= 0.6 is 0 Å². The van der Waals surface area contributed by atoms with E-state index >= 15 is 0 Å². The van der Waals surface area contributed by atoms with Crippen molar-refractivity contribution in [1.29, 1.82) is 0 Å². The van der Waals surface area contributed by atoms with Crippen LogP contribution in [0.5, 0.6) is 0 Å². The molecule has 4 aromatic rings. The molecule has 0 radical (unpaired) electrons. The molecule has 0 atom stereocenters. The molecule has 2 heterocycles. The Morgan fingerprint density at radius 2 is 2.00 bits per heavy atom. The fourth-order valence-corrected chi connectivity index (χ4v) is 2.67.